The second-order valence-corrected chi connectivity index (χ2v) is 6.77. The minimum Gasteiger partial charge on any atom is -0.331 e. The van der Waals surface area contributed by atoms with Gasteiger partial charge < -0.3 is 9.55 Å². The molecule has 3 aromatic rings. The Morgan fingerprint density at radius 2 is 2.11 bits per heavy atom. The molecule has 0 spiro atoms. The highest BCUT2D eigenvalue weighted by Crippen LogP contribution is 2.31. The van der Waals surface area contributed by atoms with Crippen molar-refractivity contribution in [1.29, 1.82) is 0 Å². The zero-order chi connectivity index (χ0) is 13.6. The van der Waals surface area contributed by atoms with E-state index in [9.17, 15) is 0 Å². The molecule has 0 saturated carbocycles. The van der Waals surface area contributed by atoms with E-state index in [-0.39, 0.29) is 6.04 Å². The number of hydrogen-bond donors (Lipinski definition) is 1. The molecule has 0 radical (unpaired) electrons. The monoisotopic (exact) mass is 308 g/mol. The van der Waals surface area contributed by atoms with Crippen LogP contribution in [0.3, 0.4) is 0 Å². The van der Waals surface area contributed by atoms with Crippen molar-refractivity contribution in [3.8, 4) is 0 Å². The fourth-order valence-corrected chi connectivity index (χ4v) is 3.78. The highest BCUT2D eigenvalue weighted by atomic mass is 35.5. The van der Waals surface area contributed by atoms with E-state index in [2.05, 4.69) is 47.7 Å². The Kier molecular flexibility index (Phi) is 3.25. The standard InChI is InChI=1S/C14H13ClN2S2/c1-8-3-4-11-10(7-8)16-14(18)17(11)9(2)12-5-6-13(15)19-12/h3-7,9H,1-2H3,(H,16,18). The normalized spacial score (nSPS) is 13.0. The molecule has 98 valence electrons. The quantitative estimate of drug-likeness (QED) is 0.634. The lowest BCUT2D eigenvalue weighted by atomic mass is 10.2. The van der Waals surface area contributed by atoms with Gasteiger partial charge in [0, 0.05) is 4.88 Å². The number of nitrogens with zero attached hydrogens (tertiary/aromatic N) is 1. The molecule has 19 heavy (non-hydrogen) atoms. The Hall–Kier alpha value is -1.10. The highest BCUT2D eigenvalue weighted by Gasteiger charge is 2.14. The summed E-state index contributed by atoms with van der Waals surface area (Å²) in [6.45, 7) is 4.22. The predicted molar refractivity (Wildman–Crippen MR) is 85.0 cm³/mol. The first kappa shape index (κ1) is 12.9. The maximum atomic E-state index is 6.02. The van der Waals surface area contributed by atoms with Crippen LogP contribution in [0.1, 0.15) is 23.4 Å². The van der Waals surface area contributed by atoms with Gasteiger partial charge in [0.15, 0.2) is 4.77 Å². The number of halogens is 1. The fourth-order valence-electron chi connectivity index (χ4n) is 2.31. The molecule has 1 N–H and O–H groups in total. The molecule has 2 aromatic heterocycles. The number of benzene rings is 1. The number of nitrogens with one attached hydrogen (secondary N) is 1. The van der Waals surface area contributed by atoms with Crippen molar-refractivity contribution in [3.05, 3.63) is 49.9 Å². The van der Waals surface area contributed by atoms with Gasteiger partial charge in [0.2, 0.25) is 0 Å². The number of thiophene rings is 1. The molecule has 0 fully saturated rings. The zero-order valence-electron chi connectivity index (χ0n) is 10.6. The molecule has 0 aliphatic heterocycles. The maximum Gasteiger partial charge on any atom is 0.178 e. The van der Waals surface area contributed by atoms with Gasteiger partial charge in [-0.2, -0.15) is 0 Å². The molecule has 0 aliphatic carbocycles. The summed E-state index contributed by atoms with van der Waals surface area (Å²) in [7, 11) is 0. The van der Waals surface area contributed by atoms with Gasteiger partial charge in [-0.3, -0.25) is 0 Å². The Balaban J connectivity index is 2.19. The molecule has 0 bridgehead atoms. The SMILES string of the molecule is Cc1ccc2c(c1)[nH]c(=S)n2C(C)c1ccc(Cl)s1. The van der Waals surface area contributed by atoms with E-state index in [0.717, 1.165) is 20.1 Å². The summed E-state index contributed by atoms with van der Waals surface area (Å²) < 4.78 is 3.70. The van der Waals surface area contributed by atoms with Gasteiger partial charge >= 0.3 is 0 Å². The van der Waals surface area contributed by atoms with Crippen molar-refractivity contribution in [2.75, 3.05) is 0 Å². The number of H-pyrrole nitrogens is 1. The number of imidazole rings is 1. The van der Waals surface area contributed by atoms with Gasteiger partial charge in [-0.1, -0.05) is 17.7 Å². The first-order chi connectivity index (χ1) is 9.06. The Bertz CT molecular complexity index is 797. The number of aromatic amines is 1. The van der Waals surface area contributed by atoms with E-state index in [1.165, 1.54) is 10.4 Å². The summed E-state index contributed by atoms with van der Waals surface area (Å²) >= 11 is 13.1. The first-order valence-electron chi connectivity index (χ1n) is 6.02. The third-order valence-corrected chi connectivity index (χ3v) is 4.97. The van der Waals surface area contributed by atoms with Gasteiger partial charge in [0.05, 0.1) is 21.4 Å². The van der Waals surface area contributed by atoms with Crippen molar-refractivity contribution in [1.82, 2.24) is 9.55 Å². The third kappa shape index (κ3) is 2.24. The summed E-state index contributed by atoms with van der Waals surface area (Å²) in [6, 6.07) is 10.5. The molecular weight excluding hydrogens is 296 g/mol. The van der Waals surface area contributed by atoms with E-state index >= 15 is 0 Å². The second-order valence-electron chi connectivity index (χ2n) is 4.64. The van der Waals surface area contributed by atoms with E-state index in [1.54, 1.807) is 11.3 Å². The summed E-state index contributed by atoms with van der Waals surface area (Å²) in [5, 5.41) is 0. The summed E-state index contributed by atoms with van der Waals surface area (Å²) in [5.74, 6) is 0. The smallest absolute Gasteiger partial charge is 0.178 e. The number of aryl methyl sites for hydroxylation is 1. The minimum absolute atomic E-state index is 0.182. The molecule has 1 aromatic carbocycles. The van der Waals surface area contributed by atoms with Crippen molar-refractivity contribution >= 4 is 46.2 Å². The summed E-state index contributed by atoms with van der Waals surface area (Å²) in [5.41, 5.74) is 3.44. The summed E-state index contributed by atoms with van der Waals surface area (Å²) in [6.07, 6.45) is 0. The largest absolute Gasteiger partial charge is 0.331 e. The lowest BCUT2D eigenvalue weighted by Gasteiger charge is -2.12. The molecule has 2 heterocycles. The molecule has 0 aliphatic rings. The number of rotatable bonds is 2. The Morgan fingerprint density at radius 3 is 2.79 bits per heavy atom. The van der Waals surface area contributed by atoms with Crippen molar-refractivity contribution in [3.63, 3.8) is 0 Å². The maximum absolute atomic E-state index is 6.02. The number of aromatic nitrogens is 2. The molecule has 1 atom stereocenters. The third-order valence-electron chi connectivity index (χ3n) is 3.27. The Labute approximate surface area is 125 Å². The van der Waals surface area contributed by atoms with Crippen LogP contribution in [0.4, 0.5) is 0 Å². The van der Waals surface area contributed by atoms with Crippen LogP contribution in [-0.4, -0.2) is 9.55 Å². The average molecular weight is 309 g/mol. The zero-order valence-corrected chi connectivity index (χ0v) is 13.0. The van der Waals surface area contributed by atoms with Crippen LogP contribution in [0.5, 0.6) is 0 Å². The number of hydrogen-bond acceptors (Lipinski definition) is 2. The average Bonchev–Trinajstić information content (AvgIpc) is 2.91. The van der Waals surface area contributed by atoms with Crippen LogP contribution in [-0.2, 0) is 0 Å². The highest BCUT2D eigenvalue weighted by molar-refractivity contribution is 7.71. The van der Waals surface area contributed by atoms with E-state index in [0.29, 0.717) is 0 Å². The topological polar surface area (TPSA) is 20.7 Å². The van der Waals surface area contributed by atoms with Crippen LogP contribution in [0.25, 0.3) is 11.0 Å². The van der Waals surface area contributed by atoms with Gasteiger partial charge in [-0.05, 0) is 55.9 Å². The van der Waals surface area contributed by atoms with Crippen molar-refractivity contribution in [2.45, 2.75) is 19.9 Å². The van der Waals surface area contributed by atoms with E-state index in [4.69, 9.17) is 23.8 Å². The minimum atomic E-state index is 0.182. The van der Waals surface area contributed by atoms with Crippen LogP contribution in [0.2, 0.25) is 4.34 Å². The van der Waals surface area contributed by atoms with Gasteiger partial charge in [-0.25, -0.2) is 0 Å². The molecule has 3 rings (SSSR count). The number of fused-ring (bicyclic) bond motifs is 1. The molecular formula is C14H13ClN2S2. The van der Waals surface area contributed by atoms with Crippen LogP contribution >= 0.6 is 35.2 Å². The first-order valence-corrected chi connectivity index (χ1v) is 7.62. The lowest BCUT2D eigenvalue weighted by Crippen LogP contribution is -2.04. The molecule has 5 heteroatoms. The van der Waals surface area contributed by atoms with Gasteiger partial charge in [-0.15, -0.1) is 11.3 Å². The second kappa shape index (κ2) is 4.78. The van der Waals surface area contributed by atoms with Gasteiger partial charge in [0.1, 0.15) is 0 Å². The molecule has 0 amide bonds. The molecule has 1 unspecified atom stereocenters. The molecule has 0 saturated heterocycles. The Morgan fingerprint density at radius 1 is 1.32 bits per heavy atom. The van der Waals surface area contributed by atoms with E-state index < -0.39 is 0 Å². The van der Waals surface area contributed by atoms with Crippen LogP contribution in [0.15, 0.2) is 30.3 Å². The van der Waals surface area contributed by atoms with Gasteiger partial charge in [0.25, 0.3) is 0 Å². The van der Waals surface area contributed by atoms with E-state index in [1.807, 2.05) is 6.07 Å². The lowest BCUT2D eigenvalue weighted by molar-refractivity contribution is 0.661. The van der Waals surface area contributed by atoms with Crippen molar-refractivity contribution < 1.29 is 0 Å². The van der Waals surface area contributed by atoms with Crippen LogP contribution < -0.4 is 0 Å². The summed E-state index contributed by atoms with van der Waals surface area (Å²) in [4.78, 5) is 4.49. The molecule has 2 nitrogen and oxygen atoms in total. The fraction of sp³-hybridized carbons (Fsp3) is 0.214. The van der Waals surface area contributed by atoms with Crippen LogP contribution in [0, 0.1) is 11.7 Å². The van der Waals surface area contributed by atoms with Crippen molar-refractivity contribution in [2.24, 2.45) is 0 Å². The predicted octanol–water partition coefficient (Wildman–Crippen LogP) is 5.33.